The number of aromatic amines is 1. The Balaban J connectivity index is 1.74. The SMILES string of the molecule is COC(=O)C(C)NP(=O)(OC[C@@H]1C=C[C@H](n2cc(C)c(=O)[nH]c2=O)O1)Oc1cc(Cl)cc(Cl)c1. The summed E-state index contributed by atoms with van der Waals surface area (Å²) in [7, 11) is -2.99. The predicted molar refractivity (Wildman–Crippen MR) is 124 cm³/mol. The minimum Gasteiger partial charge on any atom is -0.468 e. The van der Waals surface area contributed by atoms with Crippen LogP contribution in [0.3, 0.4) is 0 Å². The van der Waals surface area contributed by atoms with Crippen LogP contribution in [0, 0.1) is 6.92 Å². The number of esters is 1. The third-order valence-electron chi connectivity index (χ3n) is 4.60. The highest BCUT2D eigenvalue weighted by molar-refractivity contribution is 7.52. The van der Waals surface area contributed by atoms with E-state index in [0.717, 1.165) is 0 Å². The van der Waals surface area contributed by atoms with Gasteiger partial charge in [-0.05, 0) is 38.1 Å². The summed E-state index contributed by atoms with van der Waals surface area (Å²) in [6, 6.07) is 3.17. The minimum absolute atomic E-state index is 0.0430. The molecule has 2 aromatic rings. The lowest BCUT2D eigenvalue weighted by Gasteiger charge is -2.24. The van der Waals surface area contributed by atoms with Gasteiger partial charge in [0, 0.05) is 21.8 Å². The van der Waals surface area contributed by atoms with Gasteiger partial charge < -0.3 is 14.0 Å². The van der Waals surface area contributed by atoms with Gasteiger partial charge in [-0.3, -0.25) is 23.7 Å². The molecule has 2 N–H and O–H groups in total. The van der Waals surface area contributed by atoms with Crippen molar-refractivity contribution in [3.05, 3.63) is 73.0 Å². The van der Waals surface area contributed by atoms with Crippen molar-refractivity contribution in [1.82, 2.24) is 14.6 Å². The molecular weight excluding hydrogens is 512 g/mol. The quantitative estimate of drug-likeness (QED) is 0.283. The lowest BCUT2D eigenvalue weighted by Crippen LogP contribution is -2.35. The van der Waals surface area contributed by atoms with Gasteiger partial charge in [-0.2, -0.15) is 5.09 Å². The van der Waals surface area contributed by atoms with E-state index in [1.807, 2.05) is 0 Å². The fraction of sp³-hybridized carbons (Fsp3) is 0.350. The first kappa shape index (κ1) is 26.2. The van der Waals surface area contributed by atoms with Crippen molar-refractivity contribution in [2.45, 2.75) is 32.2 Å². The Kier molecular flexibility index (Phi) is 8.40. The Morgan fingerprint density at radius 1 is 1.26 bits per heavy atom. The highest BCUT2D eigenvalue weighted by Gasteiger charge is 2.34. The number of carbonyl (C=O) groups is 1. The number of hydrogen-bond donors (Lipinski definition) is 2. The van der Waals surface area contributed by atoms with Gasteiger partial charge in [0.15, 0.2) is 6.23 Å². The number of benzene rings is 1. The van der Waals surface area contributed by atoms with E-state index in [1.54, 1.807) is 19.1 Å². The zero-order valence-corrected chi connectivity index (χ0v) is 20.7. The number of nitrogens with one attached hydrogen (secondary N) is 2. The van der Waals surface area contributed by atoms with Crippen LogP contribution in [0.5, 0.6) is 5.75 Å². The number of hydrogen-bond acceptors (Lipinski definition) is 8. The highest BCUT2D eigenvalue weighted by atomic mass is 35.5. The summed E-state index contributed by atoms with van der Waals surface area (Å²) >= 11 is 12.0. The molecular formula is C20H22Cl2N3O8P. The fourth-order valence-corrected chi connectivity index (χ4v) is 4.96. The number of halogens is 2. The van der Waals surface area contributed by atoms with Crippen LogP contribution in [0.4, 0.5) is 0 Å². The third-order valence-corrected chi connectivity index (χ3v) is 6.68. The molecule has 1 aliphatic heterocycles. The second kappa shape index (κ2) is 10.9. The minimum atomic E-state index is -4.17. The smallest absolute Gasteiger partial charge is 0.459 e. The molecule has 1 aromatic carbocycles. The first-order chi connectivity index (χ1) is 16.0. The Morgan fingerprint density at radius 3 is 2.59 bits per heavy atom. The molecule has 1 aromatic heterocycles. The number of aromatic nitrogens is 2. The van der Waals surface area contributed by atoms with Crippen molar-refractivity contribution in [1.29, 1.82) is 0 Å². The van der Waals surface area contributed by atoms with Gasteiger partial charge >= 0.3 is 19.4 Å². The molecule has 0 radical (unpaired) electrons. The van der Waals surface area contributed by atoms with Crippen molar-refractivity contribution in [3.63, 3.8) is 0 Å². The zero-order chi connectivity index (χ0) is 25.0. The van der Waals surface area contributed by atoms with Gasteiger partial charge in [0.25, 0.3) is 5.56 Å². The maximum atomic E-state index is 13.5. The number of aryl methyl sites for hydroxylation is 1. The number of nitrogens with zero attached hydrogens (tertiary/aromatic N) is 1. The molecule has 34 heavy (non-hydrogen) atoms. The molecule has 0 aliphatic carbocycles. The van der Waals surface area contributed by atoms with Crippen LogP contribution in [0.25, 0.3) is 0 Å². The van der Waals surface area contributed by atoms with E-state index >= 15 is 0 Å². The lowest BCUT2D eigenvalue weighted by molar-refractivity contribution is -0.142. The summed E-state index contributed by atoms with van der Waals surface area (Å²) in [6.07, 6.45) is 3.02. The zero-order valence-electron chi connectivity index (χ0n) is 18.3. The lowest BCUT2D eigenvalue weighted by atomic mass is 10.3. The predicted octanol–water partition coefficient (Wildman–Crippen LogP) is 2.96. The molecule has 0 saturated heterocycles. The van der Waals surface area contributed by atoms with Gasteiger partial charge in [-0.15, -0.1) is 0 Å². The van der Waals surface area contributed by atoms with E-state index < -0.39 is 43.3 Å². The Morgan fingerprint density at radius 2 is 1.94 bits per heavy atom. The summed E-state index contributed by atoms with van der Waals surface area (Å²) in [5.41, 5.74) is -0.810. The Hall–Kier alpha value is -2.40. The monoisotopic (exact) mass is 533 g/mol. The molecule has 184 valence electrons. The first-order valence-electron chi connectivity index (χ1n) is 9.91. The molecule has 3 rings (SSSR count). The van der Waals surface area contributed by atoms with Crippen LogP contribution in [0.2, 0.25) is 10.0 Å². The average Bonchev–Trinajstić information content (AvgIpc) is 3.22. The van der Waals surface area contributed by atoms with Crippen LogP contribution in [-0.4, -0.2) is 41.4 Å². The van der Waals surface area contributed by atoms with Gasteiger partial charge in [0.2, 0.25) is 0 Å². The number of methoxy groups -OCH3 is 1. The molecule has 0 bridgehead atoms. The molecule has 1 aliphatic rings. The number of rotatable bonds is 9. The molecule has 0 spiro atoms. The van der Waals surface area contributed by atoms with Crippen molar-refractivity contribution in [2.75, 3.05) is 13.7 Å². The van der Waals surface area contributed by atoms with Crippen molar-refractivity contribution >= 4 is 36.9 Å². The molecule has 0 amide bonds. The molecule has 4 atom stereocenters. The number of H-pyrrole nitrogens is 1. The molecule has 0 fully saturated rings. The summed E-state index contributed by atoms with van der Waals surface area (Å²) in [5, 5.41) is 2.97. The Bertz CT molecular complexity index is 1240. The molecule has 11 nitrogen and oxygen atoms in total. The average molecular weight is 534 g/mol. The normalized spacial score (nSPS) is 20.0. The third kappa shape index (κ3) is 6.59. The molecule has 0 saturated carbocycles. The highest BCUT2D eigenvalue weighted by Crippen LogP contribution is 2.46. The first-order valence-corrected chi connectivity index (χ1v) is 12.2. The summed E-state index contributed by atoms with van der Waals surface area (Å²) in [4.78, 5) is 37.7. The van der Waals surface area contributed by atoms with E-state index in [9.17, 15) is 18.9 Å². The molecule has 2 unspecified atom stereocenters. The molecule has 2 heterocycles. The van der Waals surface area contributed by atoms with Crippen LogP contribution >= 0.6 is 30.9 Å². The van der Waals surface area contributed by atoms with Crippen molar-refractivity contribution < 1.29 is 27.9 Å². The largest absolute Gasteiger partial charge is 0.468 e. The number of ether oxygens (including phenoxy) is 2. The van der Waals surface area contributed by atoms with Crippen LogP contribution in [-0.2, 0) is 23.4 Å². The maximum absolute atomic E-state index is 13.5. The second-order valence-electron chi connectivity index (χ2n) is 7.29. The van der Waals surface area contributed by atoms with E-state index in [2.05, 4.69) is 14.8 Å². The summed E-state index contributed by atoms with van der Waals surface area (Å²) in [5.74, 6) is -0.650. The van der Waals surface area contributed by atoms with Crippen molar-refractivity contribution in [3.8, 4) is 5.75 Å². The molecule has 14 heteroatoms. The van der Waals surface area contributed by atoms with E-state index in [4.69, 9.17) is 37.0 Å². The van der Waals surface area contributed by atoms with E-state index in [1.165, 1.54) is 43.0 Å². The van der Waals surface area contributed by atoms with Gasteiger partial charge in [0.1, 0.15) is 17.9 Å². The number of carbonyl (C=O) groups excluding carboxylic acids is 1. The van der Waals surface area contributed by atoms with Crippen LogP contribution in [0.15, 0.2) is 46.1 Å². The Labute approximate surface area is 204 Å². The van der Waals surface area contributed by atoms with Crippen LogP contribution < -0.4 is 20.9 Å². The fourth-order valence-electron chi connectivity index (χ4n) is 2.97. The topological polar surface area (TPSA) is 138 Å². The summed E-state index contributed by atoms with van der Waals surface area (Å²) < 4.78 is 36.1. The van der Waals surface area contributed by atoms with E-state index in [-0.39, 0.29) is 22.4 Å². The van der Waals surface area contributed by atoms with Gasteiger partial charge in [-0.1, -0.05) is 29.3 Å². The second-order valence-corrected chi connectivity index (χ2v) is 9.86. The van der Waals surface area contributed by atoms with Gasteiger partial charge in [0.05, 0.1) is 13.7 Å². The van der Waals surface area contributed by atoms with Crippen LogP contribution in [0.1, 0.15) is 18.7 Å². The maximum Gasteiger partial charge on any atom is 0.459 e. The van der Waals surface area contributed by atoms with Gasteiger partial charge in [-0.25, -0.2) is 9.36 Å². The standard InChI is InChI=1S/C20H22Cl2N3O8P/c1-11-9-25(20(28)23-18(11)26)17-5-4-15(32-17)10-31-34(29,24-12(2)19(27)30-3)33-16-7-13(21)6-14(22)8-16/h4-9,12,15,17H,10H2,1-3H3,(H,24,29)(H,23,26,28)/t12?,15-,17+,34?/m0/s1. The van der Waals surface area contributed by atoms with Crippen molar-refractivity contribution in [2.24, 2.45) is 0 Å². The summed E-state index contributed by atoms with van der Waals surface area (Å²) in [6.45, 7) is 2.71. The van der Waals surface area contributed by atoms with E-state index in [0.29, 0.717) is 5.56 Å².